The van der Waals surface area contributed by atoms with Gasteiger partial charge in [-0.1, -0.05) is 11.6 Å². The summed E-state index contributed by atoms with van der Waals surface area (Å²) in [5.41, 5.74) is 2.57. The van der Waals surface area contributed by atoms with E-state index in [0.29, 0.717) is 5.76 Å². The molecule has 0 spiro atoms. The molecular weight excluding hydrogens is 220 g/mol. The first-order valence-corrected chi connectivity index (χ1v) is 6.39. The number of ether oxygens (including phenoxy) is 1. The molecule has 0 radical (unpaired) electrons. The van der Waals surface area contributed by atoms with E-state index in [1.807, 2.05) is 24.8 Å². The van der Waals surface area contributed by atoms with Crippen molar-refractivity contribution in [3.05, 3.63) is 34.0 Å². The van der Waals surface area contributed by atoms with E-state index in [0.717, 1.165) is 17.7 Å². The third-order valence-electron chi connectivity index (χ3n) is 2.35. The van der Waals surface area contributed by atoms with Crippen LogP contribution in [-0.2, 0) is 9.53 Å². The smallest absolute Gasteiger partial charge is 0.307 e. The van der Waals surface area contributed by atoms with E-state index >= 15 is 0 Å². The minimum absolute atomic E-state index is 0.269. The quantitative estimate of drug-likeness (QED) is 0.425. The van der Waals surface area contributed by atoms with Crippen molar-refractivity contribution in [2.75, 3.05) is 5.75 Å². The molecule has 16 heavy (non-hydrogen) atoms. The summed E-state index contributed by atoms with van der Waals surface area (Å²) in [6.45, 7) is 7.39. The molecule has 0 aromatic carbocycles. The van der Waals surface area contributed by atoms with Crippen LogP contribution in [0, 0.1) is 0 Å². The van der Waals surface area contributed by atoms with Crippen molar-refractivity contribution in [3.8, 4) is 0 Å². The van der Waals surface area contributed by atoms with E-state index in [2.05, 4.69) is 13.0 Å². The Bertz CT molecular complexity index is 375. The van der Waals surface area contributed by atoms with Gasteiger partial charge in [-0.25, -0.2) is 0 Å². The van der Waals surface area contributed by atoms with E-state index in [-0.39, 0.29) is 5.97 Å². The number of allylic oxidation sites excluding steroid dienone is 5. The lowest BCUT2D eigenvalue weighted by Gasteiger charge is -2.06. The highest BCUT2D eigenvalue weighted by Crippen LogP contribution is 2.37. The molecular formula is C13H18O2S. The lowest BCUT2D eigenvalue weighted by atomic mass is 10.1. The zero-order valence-electron chi connectivity index (χ0n) is 10.3. The van der Waals surface area contributed by atoms with Crippen molar-refractivity contribution < 1.29 is 9.53 Å². The van der Waals surface area contributed by atoms with Crippen LogP contribution in [0.15, 0.2) is 34.0 Å². The van der Waals surface area contributed by atoms with Crippen molar-refractivity contribution in [1.29, 1.82) is 0 Å². The molecule has 0 N–H and O–H groups in total. The van der Waals surface area contributed by atoms with E-state index in [1.54, 1.807) is 6.92 Å². The summed E-state index contributed by atoms with van der Waals surface area (Å²) in [4.78, 5) is 12.1. The molecule has 0 fully saturated rings. The maximum Gasteiger partial charge on any atom is 0.307 e. The summed E-state index contributed by atoms with van der Waals surface area (Å²) in [7, 11) is 0. The second kappa shape index (κ2) is 5.94. The van der Waals surface area contributed by atoms with Gasteiger partial charge in [0.25, 0.3) is 0 Å². The Morgan fingerprint density at radius 3 is 2.56 bits per heavy atom. The summed E-state index contributed by atoms with van der Waals surface area (Å²) in [5.74, 6) is 1.53. The minimum Gasteiger partial charge on any atom is -0.432 e. The Morgan fingerprint density at radius 1 is 1.44 bits per heavy atom. The highest BCUT2D eigenvalue weighted by Gasteiger charge is 2.14. The van der Waals surface area contributed by atoms with Crippen LogP contribution in [-0.4, -0.2) is 11.7 Å². The van der Waals surface area contributed by atoms with Crippen LogP contribution in [0.25, 0.3) is 0 Å². The van der Waals surface area contributed by atoms with Gasteiger partial charge in [0.2, 0.25) is 0 Å². The van der Waals surface area contributed by atoms with Crippen molar-refractivity contribution >= 4 is 17.7 Å². The number of hydrogen-bond donors (Lipinski definition) is 0. The first kappa shape index (κ1) is 13.1. The Kier molecular flexibility index (Phi) is 4.87. The monoisotopic (exact) mass is 238 g/mol. The fourth-order valence-corrected chi connectivity index (χ4v) is 2.93. The van der Waals surface area contributed by atoms with Gasteiger partial charge >= 0.3 is 5.97 Å². The van der Waals surface area contributed by atoms with Gasteiger partial charge in [0.15, 0.2) is 0 Å². The van der Waals surface area contributed by atoms with Gasteiger partial charge in [-0.05, 0) is 38.8 Å². The molecule has 0 aromatic heterocycles. The molecule has 1 rings (SSSR count). The van der Waals surface area contributed by atoms with Gasteiger partial charge in [0.05, 0.1) is 0 Å². The molecule has 0 amide bonds. The predicted molar refractivity (Wildman–Crippen MR) is 69.1 cm³/mol. The molecule has 2 nitrogen and oxygen atoms in total. The summed E-state index contributed by atoms with van der Waals surface area (Å²) >= 11 is 1.87. The molecule has 1 aliphatic heterocycles. The van der Waals surface area contributed by atoms with Gasteiger partial charge < -0.3 is 4.74 Å². The minimum atomic E-state index is -0.269. The molecule has 3 heteroatoms. The zero-order valence-corrected chi connectivity index (χ0v) is 11.1. The number of rotatable bonds is 3. The average molecular weight is 238 g/mol. The molecule has 0 atom stereocenters. The summed E-state index contributed by atoms with van der Waals surface area (Å²) in [5, 5.41) is 0. The van der Waals surface area contributed by atoms with Crippen LogP contribution in [0.4, 0.5) is 0 Å². The largest absolute Gasteiger partial charge is 0.432 e. The second-order valence-electron chi connectivity index (χ2n) is 3.80. The van der Waals surface area contributed by atoms with Gasteiger partial charge in [-0.2, -0.15) is 0 Å². The van der Waals surface area contributed by atoms with Gasteiger partial charge in [0.1, 0.15) is 5.76 Å². The summed E-state index contributed by atoms with van der Waals surface area (Å²) in [6, 6.07) is 0. The van der Waals surface area contributed by atoms with Crippen LogP contribution in [0.2, 0.25) is 0 Å². The second-order valence-corrected chi connectivity index (χ2v) is 4.91. The zero-order chi connectivity index (χ0) is 12.1. The molecule has 0 saturated carbocycles. The van der Waals surface area contributed by atoms with Crippen molar-refractivity contribution in [2.24, 2.45) is 0 Å². The highest BCUT2D eigenvalue weighted by molar-refractivity contribution is 8.03. The average Bonchev–Trinajstić information content (AvgIpc) is 2.60. The van der Waals surface area contributed by atoms with Crippen molar-refractivity contribution in [3.63, 3.8) is 0 Å². The molecule has 0 aromatic rings. The number of carbonyl (C=O) groups is 1. The molecule has 1 aliphatic rings. The van der Waals surface area contributed by atoms with Crippen LogP contribution in [0.1, 0.15) is 34.1 Å². The summed E-state index contributed by atoms with van der Waals surface area (Å²) in [6.07, 6.45) is 5.14. The lowest BCUT2D eigenvalue weighted by Crippen LogP contribution is -1.96. The number of hydrogen-bond acceptors (Lipinski definition) is 3. The molecule has 88 valence electrons. The van der Waals surface area contributed by atoms with Crippen LogP contribution in [0.5, 0.6) is 0 Å². The van der Waals surface area contributed by atoms with E-state index in [1.165, 1.54) is 17.4 Å². The number of thioether (sulfide) groups is 1. The van der Waals surface area contributed by atoms with E-state index in [9.17, 15) is 4.79 Å². The third kappa shape index (κ3) is 3.56. The van der Waals surface area contributed by atoms with E-state index < -0.39 is 0 Å². The lowest BCUT2D eigenvalue weighted by molar-refractivity contribution is -0.136. The fraction of sp³-hybridized carbons (Fsp3) is 0.462. The normalized spacial score (nSPS) is 18.0. The first-order valence-electron chi connectivity index (χ1n) is 5.40. The van der Waals surface area contributed by atoms with Crippen molar-refractivity contribution in [2.45, 2.75) is 34.1 Å². The highest BCUT2D eigenvalue weighted by atomic mass is 32.2. The SMILES string of the molecule is C/C=C(\C=C(/C)OC(C)=O)C1=C(C)CCS1. The number of esters is 1. The topological polar surface area (TPSA) is 26.3 Å². The molecule has 0 saturated heterocycles. The maximum absolute atomic E-state index is 10.8. The molecule has 1 heterocycles. The van der Waals surface area contributed by atoms with Crippen LogP contribution in [0.3, 0.4) is 0 Å². The standard InChI is InChI=1S/C13H18O2S/c1-5-12(8-10(3)15-11(4)14)13-9(2)6-7-16-13/h5,8H,6-7H2,1-4H3/b10-8+,12-5+. The van der Waals surface area contributed by atoms with Crippen molar-refractivity contribution in [1.82, 2.24) is 0 Å². The fourth-order valence-electron chi connectivity index (χ4n) is 1.63. The molecule has 0 aliphatic carbocycles. The maximum atomic E-state index is 10.8. The Balaban J connectivity index is 2.85. The van der Waals surface area contributed by atoms with E-state index in [4.69, 9.17) is 4.74 Å². The van der Waals surface area contributed by atoms with Gasteiger partial charge in [-0.15, -0.1) is 11.8 Å². The molecule has 0 bridgehead atoms. The van der Waals surface area contributed by atoms with Gasteiger partial charge in [0, 0.05) is 17.6 Å². The Labute approximate surface area is 101 Å². The number of carbonyl (C=O) groups excluding carboxylic acids is 1. The first-order chi connectivity index (χ1) is 7.54. The Hall–Kier alpha value is -0.960. The molecule has 0 unspecified atom stereocenters. The third-order valence-corrected chi connectivity index (χ3v) is 3.63. The Morgan fingerprint density at radius 2 is 2.12 bits per heavy atom. The summed E-state index contributed by atoms with van der Waals surface area (Å²) < 4.78 is 5.03. The van der Waals surface area contributed by atoms with Crippen LogP contribution >= 0.6 is 11.8 Å². The van der Waals surface area contributed by atoms with Gasteiger partial charge in [-0.3, -0.25) is 4.79 Å². The van der Waals surface area contributed by atoms with Crippen LogP contribution < -0.4 is 0 Å². The predicted octanol–water partition coefficient (Wildman–Crippen LogP) is 3.81.